The number of nitrogen functional groups attached to an aromatic ring is 1. The van der Waals surface area contributed by atoms with Gasteiger partial charge in [0.25, 0.3) is 0 Å². The Kier molecular flexibility index (Phi) is 5.43. The van der Waals surface area contributed by atoms with Gasteiger partial charge in [-0.15, -0.1) is 0 Å². The largest absolute Gasteiger partial charge is 0.493 e. The van der Waals surface area contributed by atoms with Crippen LogP contribution in [-0.2, 0) is 12.6 Å². The van der Waals surface area contributed by atoms with Crippen molar-refractivity contribution >= 4 is 11.4 Å². The lowest BCUT2D eigenvalue weighted by molar-refractivity contribution is -0.137. The maximum atomic E-state index is 12.6. The molecule has 0 aliphatic rings. The molecule has 0 aromatic heterocycles. The normalized spacial score (nSPS) is 11.2. The molecular formula is C17H19F3N2O2. The smallest absolute Gasteiger partial charge is 0.416 e. The van der Waals surface area contributed by atoms with Crippen LogP contribution in [0.2, 0.25) is 0 Å². The summed E-state index contributed by atoms with van der Waals surface area (Å²) >= 11 is 0. The van der Waals surface area contributed by atoms with Crippen molar-refractivity contribution in [3.05, 3.63) is 47.5 Å². The number of benzene rings is 2. The van der Waals surface area contributed by atoms with Crippen LogP contribution in [0.3, 0.4) is 0 Å². The summed E-state index contributed by atoms with van der Waals surface area (Å²) in [6.07, 6.45) is -3.74. The second-order valence-corrected chi connectivity index (χ2v) is 5.17. The van der Waals surface area contributed by atoms with E-state index in [-0.39, 0.29) is 5.69 Å². The highest BCUT2D eigenvalue weighted by atomic mass is 19.4. The van der Waals surface area contributed by atoms with E-state index in [9.17, 15) is 13.2 Å². The van der Waals surface area contributed by atoms with Gasteiger partial charge in [0.2, 0.25) is 0 Å². The van der Waals surface area contributed by atoms with Gasteiger partial charge in [0.15, 0.2) is 11.5 Å². The van der Waals surface area contributed by atoms with Crippen LogP contribution in [0.1, 0.15) is 11.1 Å². The molecule has 0 atom stereocenters. The lowest BCUT2D eigenvalue weighted by atomic mass is 10.1. The zero-order chi connectivity index (χ0) is 17.7. The van der Waals surface area contributed by atoms with Gasteiger partial charge >= 0.3 is 6.18 Å². The zero-order valence-electron chi connectivity index (χ0n) is 13.4. The lowest BCUT2D eigenvalue weighted by Gasteiger charge is -2.13. The first-order valence-corrected chi connectivity index (χ1v) is 7.26. The van der Waals surface area contributed by atoms with Crippen LogP contribution in [0.4, 0.5) is 24.5 Å². The molecule has 0 radical (unpaired) electrons. The molecule has 7 heteroatoms. The average molecular weight is 340 g/mol. The van der Waals surface area contributed by atoms with Crippen molar-refractivity contribution in [2.24, 2.45) is 0 Å². The third kappa shape index (κ3) is 4.24. The minimum absolute atomic E-state index is 0.0668. The van der Waals surface area contributed by atoms with E-state index in [0.29, 0.717) is 30.2 Å². The van der Waals surface area contributed by atoms with Gasteiger partial charge in [-0.1, -0.05) is 6.07 Å². The molecule has 0 fully saturated rings. The third-order valence-electron chi connectivity index (χ3n) is 3.56. The highest BCUT2D eigenvalue weighted by molar-refractivity contribution is 5.67. The molecule has 0 aliphatic carbocycles. The number of nitrogens with one attached hydrogen (secondary N) is 1. The van der Waals surface area contributed by atoms with Gasteiger partial charge in [0.05, 0.1) is 31.2 Å². The Balaban J connectivity index is 1.99. The second kappa shape index (κ2) is 7.33. The molecule has 0 saturated carbocycles. The van der Waals surface area contributed by atoms with Gasteiger partial charge in [-0.05, 0) is 42.3 Å². The van der Waals surface area contributed by atoms with Crippen molar-refractivity contribution in [1.29, 1.82) is 0 Å². The number of nitrogens with two attached hydrogens (primary N) is 1. The number of rotatable bonds is 6. The summed E-state index contributed by atoms with van der Waals surface area (Å²) in [4.78, 5) is 0. The summed E-state index contributed by atoms with van der Waals surface area (Å²) in [5.41, 5.74) is 6.47. The fourth-order valence-electron chi connectivity index (χ4n) is 2.28. The minimum Gasteiger partial charge on any atom is -0.493 e. The Bertz CT molecular complexity index is 703. The quantitative estimate of drug-likeness (QED) is 0.782. The zero-order valence-corrected chi connectivity index (χ0v) is 13.4. The van der Waals surface area contributed by atoms with Gasteiger partial charge in [-0.25, -0.2) is 0 Å². The topological polar surface area (TPSA) is 56.5 Å². The Labute approximate surface area is 138 Å². The monoisotopic (exact) mass is 340 g/mol. The fourth-order valence-corrected chi connectivity index (χ4v) is 2.28. The van der Waals surface area contributed by atoms with Crippen molar-refractivity contribution in [3.8, 4) is 11.5 Å². The van der Waals surface area contributed by atoms with E-state index in [1.165, 1.54) is 6.07 Å². The van der Waals surface area contributed by atoms with E-state index in [4.69, 9.17) is 15.2 Å². The number of alkyl halides is 3. The van der Waals surface area contributed by atoms with E-state index < -0.39 is 11.7 Å². The summed E-state index contributed by atoms with van der Waals surface area (Å²) in [5.74, 6) is 1.27. The summed E-state index contributed by atoms with van der Waals surface area (Å²) in [7, 11) is 3.12. The van der Waals surface area contributed by atoms with E-state index >= 15 is 0 Å². The summed E-state index contributed by atoms with van der Waals surface area (Å²) in [6, 6.07) is 8.84. The molecule has 0 spiro atoms. The fraction of sp³-hybridized carbons (Fsp3) is 0.294. The van der Waals surface area contributed by atoms with Gasteiger partial charge in [0.1, 0.15) is 0 Å². The van der Waals surface area contributed by atoms with E-state index in [2.05, 4.69) is 5.32 Å². The molecule has 0 unspecified atom stereocenters. The number of anilines is 2. The summed E-state index contributed by atoms with van der Waals surface area (Å²) in [6.45, 7) is 0.519. The number of hydrogen-bond donors (Lipinski definition) is 2. The Hall–Kier alpha value is -2.57. The third-order valence-corrected chi connectivity index (χ3v) is 3.56. The maximum Gasteiger partial charge on any atom is 0.416 e. The SMILES string of the molecule is COc1ccc(CCNc2ccc(C(F)(F)F)cc2N)cc1OC. The van der Waals surface area contributed by atoms with Crippen LogP contribution in [-0.4, -0.2) is 20.8 Å². The van der Waals surface area contributed by atoms with E-state index in [0.717, 1.165) is 17.7 Å². The molecule has 130 valence electrons. The van der Waals surface area contributed by atoms with Gasteiger partial charge in [0, 0.05) is 6.54 Å². The summed E-state index contributed by atoms with van der Waals surface area (Å²) in [5, 5.41) is 3.04. The van der Waals surface area contributed by atoms with Crippen LogP contribution >= 0.6 is 0 Å². The van der Waals surface area contributed by atoms with E-state index in [1.807, 2.05) is 12.1 Å². The molecule has 2 aromatic rings. The van der Waals surface area contributed by atoms with Gasteiger partial charge in [-0.3, -0.25) is 0 Å². The predicted octanol–water partition coefficient (Wildman–Crippen LogP) is 3.96. The summed E-state index contributed by atoms with van der Waals surface area (Å²) < 4.78 is 48.2. The van der Waals surface area contributed by atoms with Crippen LogP contribution in [0.5, 0.6) is 11.5 Å². The molecule has 0 aliphatic heterocycles. The maximum absolute atomic E-state index is 12.6. The van der Waals surface area contributed by atoms with Crippen molar-refractivity contribution in [1.82, 2.24) is 0 Å². The van der Waals surface area contributed by atoms with Crippen LogP contribution in [0, 0.1) is 0 Å². The predicted molar refractivity (Wildman–Crippen MR) is 87.6 cm³/mol. The van der Waals surface area contributed by atoms with Crippen molar-refractivity contribution in [2.75, 3.05) is 31.8 Å². The van der Waals surface area contributed by atoms with Gasteiger partial charge in [-0.2, -0.15) is 13.2 Å². The van der Waals surface area contributed by atoms with Gasteiger partial charge < -0.3 is 20.5 Å². The van der Waals surface area contributed by atoms with Crippen molar-refractivity contribution in [2.45, 2.75) is 12.6 Å². The first kappa shape index (κ1) is 17.8. The molecular weight excluding hydrogens is 321 g/mol. The Morgan fingerprint density at radius 2 is 1.71 bits per heavy atom. The second-order valence-electron chi connectivity index (χ2n) is 5.17. The number of hydrogen-bond acceptors (Lipinski definition) is 4. The molecule has 2 rings (SSSR count). The average Bonchev–Trinajstić information content (AvgIpc) is 2.55. The number of halogens is 3. The van der Waals surface area contributed by atoms with E-state index in [1.54, 1.807) is 20.3 Å². The number of methoxy groups -OCH3 is 2. The first-order valence-electron chi connectivity index (χ1n) is 7.26. The van der Waals surface area contributed by atoms with Crippen LogP contribution in [0.15, 0.2) is 36.4 Å². The van der Waals surface area contributed by atoms with Crippen LogP contribution in [0.25, 0.3) is 0 Å². The molecule has 3 N–H and O–H groups in total. The van der Waals surface area contributed by atoms with Crippen molar-refractivity contribution in [3.63, 3.8) is 0 Å². The molecule has 0 amide bonds. The first-order chi connectivity index (χ1) is 11.3. The molecule has 0 bridgehead atoms. The highest BCUT2D eigenvalue weighted by Gasteiger charge is 2.30. The number of ether oxygens (including phenoxy) is 2. The molecule has 0 saturated heterocycles. The lowest BCUT2D eigenvalue weighted by Crippen LogP contribution is -2.10. The van der Waals surface area contributed by atoms with Crippen LogP contribution < -0.4 is 20.5 Å². The molecule has 2 aromatic carbocycles. The Morgan fingerprint density at radius 3 is 2.29 bits per heavy atom. The molecule has 4 nitrogen and oxygen atoms in total. The standard InChI is InChI=1S/C17H19F3N2O2/c1-23-15-6-3-11(9-16(15)24-2)7-8-22-14-5-4-12(10-13(14)21)17(18,19)20/h3-6,9-10,22H,7-8,21H2,1-2H3. The molecule has 0 heterocycles. The molecule has 24 heavy (non-hydrogen) atoms. The Morgan fingerprint density at radius 1 is 1.00 bits per heavy atom. The van der Waals surface area contributed by atoms with Crippen molar-refractivity contribution < 1.29 is 22.6 Å². The highest BCUT2D eigenvalue weighted by Crippen LogP contribution is 2.33. The minimum atomic E-state index is -4.40.